The third kappa shape index (κ3) is 4.11. The number of amides is 2. The number of benzene rings is 3. The van der Waals surface area contributed by atoms with Crippen LogP contribution in [0.15, 0.2) is 78.9 Å². The molecular weight excluding hydrogens is 374 g/mol. The van der Waals surface area contributed by atoms with Gasteiger partial charge in [-0.1, -0.05) is 42.5 Å². The minimum Gasteiger partial charge on any atom is -0.328 e. The Balaban J connectivity index is 1.64. The van der Waals surface area contributed by atoms with Crippen LogP contribution < -0.4 is 16.0 Å². The van der Waals surface area contributed by atoms with Gasteiger partial charge >= 0.3 is 0 Å². The van der Waals surface area contributed by atoms with Gasteiger partial charge in [0.15, 0.2) is 0 Å². The topological polar surface area (TPSA) is 75.4 Å². The summed E-state index contributed by atoms with van der Waals surface area (Å²) >= 11 is 0. The molecule has 1 aliphatic rings. The molecule has 0 heterocycles. The first-order chi connectivity index (χ1) is 14.7. The normalized spacial score (nSPS) is 13.4. The predicted molar refractivity (Wildman–Crippen MR) is 120 cm³/mol. The van der Waals surface area contributed by atoms with E-state index in [-0.39, 0.29) is 18.4 Å². The van der Waals surface area contributed by atoms with E-state index in [0.29, 0.717) is 11.3 Å². The molecule has 0 aliphatic heterocycles. The van der Waals surface area contributed by atoms with Gasteiger partial charge in [0.25, 0.3) is 5.91 Å². The van der Waals surface area contributed by atoms with Crippen molar-refractivity contribution in [3.8, 4) is 0 Å². The monoisotopic (exact) mass is 399 g/mol. The van der Waals surface area contributed by atoms with Gasteiger partial charge < -0.3 is 11.1 Å². The number of nitrogens with one attached hydrogen (secondary N) is 1. The van der Waals surface area contributed by atoms with Crippen molar-refractivity contribution in [2.45, 2.75) is 25.3 Å². The molecule has 0 spiro atoms. The molecule has 152 valence electrons. The van der Waals surface area contributed by atoms with Crippen LogP contribution in [0.25, 0.3) is 0 Å². The Labute approximate surface area is 176 Å². The minimum atomic E-state index is -0.839. The van der Waals surface area contributed by atoms with Crippen molar-refractivity contribution in [1.82, 2.24) is 0 Å². The van der Waals surface area contributed by atoms with Crippen molar-refractivity contribution in [3.05, 3.63) is 95.6 Å². The van der Waals surface area contributed by atoms with Gasteiger partial charge in [0.05, 0.1) is 0 Å². The van der Waals surface area contributed by atoms with E-state index in [1.807, 2.05) is 48.5 Å². The molecule has 3 aromatic rings. The summed E-state index contributed by atoms with van der Waals surface area (Å²) in [6, 6.07) is 23.3. The Bertz CT molecular complexity index is 1030. The summed E-state index contributed by atoms with van der Waals surface area (Å²) in [6.07, 6.45) is 3.26. The number of anilines is 2. The third-order valence-corrected chi connectivity index (χ3v) is 5.48. The summed E-state index contributed by atoms with van der Waals surface area (Å²) in [6.45, 7) is 0.00421. The highest BCUT2D eigenvalue weighted by Gasteiger charge is 2.31. The van der Waals surface area contributed by atoms with Crippen molar-refractivity contribution in [1.29, 1.82) is 0 Å². The summed E-state index contributed by atoms with van der Waals surface area (Å²) in [5, 5.41) is 2.97. The third-order valence-electron chi connectivity index (χ3n) is 5.48. The zero-order chi connectivity index (χ0) is 20.9. The molecule has 5 nitrogen and oxygen atoms in total. The molecule has 0 radical (unpaired) electrons. The summed E-state index contributed by atoms with van der Waals surface area (Å²) < 4.78 is 0. The van der Waals surface area contributed by atoms with Crippen LogP contribution in [-0.2, 0) is 17.6 Å². The van der Waals surface area contributed by atoms with Crippen molar-refractivity contribution in [2.24, 2.45) is 5.73 Å². The Morgan fingerprint density at radius 2 is 1.57 bits per heavy atom. The number of fused-ring (bicyclic) bond motifs is 1. The molecule has 1 aliphatic carbocycles. The first-order valence-corrected chi connectivity index (χ1v) is 10.2. The smallest absolute Gasteiger partial charge is 0.259 e. The number of carbonyl (C=O) groups is 2. The van der Waals surface area contributed by atoms with Crippen molar-refractivity contribution >= 4 is 23.2 Å². The Hall–Kier alpha value is -3.44. The van der Waals surface area contributed by atoms with Gasteiger partial charge in [-0.15, -0.1) is 0 Å². The molecule has 0 aromatic heterocycles. The lowest BCUT2D eigenvalue weighted by Gasteiger charge is -2.30. The van der Waals surface area contributed by atoms with E-state index >= 15 is 0 Å². The van der Waals surface area contributed by atoms with Crippen LogP contribution in [0, 0.1) is 0 Å². The number of aryl methyl sites for hydroxylation is 2. The van der Waals surface area contributed by atoms with Gasteiger partial charge in [-0.3, -0.25) is 14.5 Å². The predicted octanol–water partition coefficient (Wildman–Crippen LogP) is 3.79. The van der Waals surface area contributed by atoms with Crippen LogP contribution >= 0.6 is 0 Å². The number of nitrogens with zero attached hydrogens (tertiary/aromatic N) is 1. The molecule has 0 bridgehead atoms. The zero-order valence-electron chi connectivity index (χ0n) is 16.8. The standard InChI is InChI=1S/C25H25N3O2/c26-17-23(24(29)27-21-15-14-18-10-7-11-20(18)16-21)28(22-12-5-2-6-13-22)25(30)19-8-3-1-4-9-19/h1-6,8-9,12-16,23H,7,10-11,17,26H2,(H,27,29)/t23-/m0/s1. The molecular formula is C25H25N3O2. The van der Waals surface area contributed by atoms with Gasteiger partial charge in [-0.25, -0.2) is 0 Å². The highest BCUT2D eigenvalue weighted by molar-refractivity contribution is 6.11. The minimum absolute atomic E-state index is 0.00421. The quantitative estimate of drug-likeness (QED) is 0.662. The lowest BCUT2D eigenvalue weighted by atomic mass is 10.1. The highest BCUT2D eigenvalue weighted by atomic mass is 16.2. The number of rotatable bonds is 6. The molecule has 1 atom stereocenters. The van der Waals surface area contributed by atoms with Gasteiger partial charge in [0, 0.05) is 23.5 Å². The van der Waals surface area contributed by atoms with E-state index in [0.717, 1.165) is 24.9 Å². The molecule has 0 unspecified atom stereocenters. The fraction of sp³-hybridized carbons (Fsp3) is 0.200. The summed E-state index contributed by atoms with van der Waals surface area (Å²) in [5.41, 5.74) is 10.5. The molecule has 2 amide bonds. The van der Waals surface area contributed by atoms with Crippen LogP contribution in [-0.4, -0.2) is 24.4 Å². The van der Waals surface area contributed by atoms with Crippen molar-refractivity contribution in [3.63, 3.8) is 0 Å². The van der Waals surface area contributed by atoms with Crippen LogP contribution in [0.4, 0.5) is 11.4 Å². The van der Waals surface area contributed by atoms with Crippen LogP contribution in [0.5, 0.6) is 0 Å². The second-order valence-corrected chi connectivity index (χ2v) is 7.45. The lowest BCUT2D eigenvalue weighted by molar-refractivity contribution is -0.117. The molecule has 3 N–H and O–H groups in total. The van der Waals surface area contributed by atoms with E-state index in [1.54, 1.807) is 24.3 Å². The SMILES string of the molecule is NC[C@@H](C(=O)Nc1ccc2c(c1)CCC2)N(C(=O)c1ccccc1)c1ccccc1. The second-order valence-electron chi connectivity index (χ2n) is 7.45. The average molecular weight is 399 g/mol. The number of nitrogens with two attached hydrogens (primary N) is 1. The highest BCUT2D eigenvalue weighted by Crippen LogP contribution is 2.26. The fourth-order valence-electron chi connectivity index (χ4n) is 3.95. The van der Waals surface area contributed by atoms with E-state index in [4.69, 9.17) is 5.73 Å². The van der Waals surface area contributed by atoms with E-state index < -0.39 is 6.04 Å². The van der Waals surface area contributed by atoms with Gasteiger partial charge in [0.1, 0.15) is 6.04 Å². The first kappa shape index (κ1) is 19.9. The van der Waals surface area contributed by atoms with Crippen molar-refractivity contribution < 1.29 is 9.59 Å². The van der Waals surface area contributed by atoms with Crippen LogP contribution in [0.2, 0.25) is 0 Å². The summed E-state index contributed by atoms with van der Waals surface area (Å²) in [7, 11) is 0. The molecule has 0 saturated heterocycles. The number of para-hydroxylation sites is 1. The largest absolute Gasteiger partial charge is 0.328 e. The maximum absolute atomic E-state index is 13.3. The number of hydrogen-bond acceptors (Lipinski definition) is 3. The van der Waals surface area contributed by atoms with E-state index in [2.05, 4.69) is 11.4 Å². The van der Waals surface area contributed by atoms with Gasteiger partial charge in [0.2, 0.25) is 5.91 Å². The van der Waals surface area contributed by atoms with Crippen LogP contribution in [0.3, 0.4) is 0 Å². The lowest BCUT2D eigenvalue weighted by Crippen LogP contribution is -2.51. The number of hydrogen-bond donors (Lipinski definition) is 2. The van der Waals surface area contributed by atoms with E-state index in [9.17, 15) is 9.59 Å². The maximum Gasteiger partial charge on any atom is 0.259 e. The Morgan fingerprint density at radius 1 is 0.900 bits per heavy atom. The summed E-state index contributed by atoms with van der Waals surface area (Å²) in [4.78, 5) is 28.0. The molecule has 0 saturated carbocycles. The first-order valence-electron chi connectivity index (χ1n) is 10.2. The van der Waals surface area contributed by atoms with Crippen LogP contribution in [0.1, 0.15) is 27.9 Å². The van der Waals surface area contributed by atoms with Crippen molar-refractivity contribution in [2.75, 3.05) is 16.8 Å². The Morgan fingerprint density at radius 3 is 2.27 bits per heavy atom. The number of carbonyl (C=O) groups excluding carboxylic acids is 2. The average Bonchev–Trinajstić information content (AvgIpc) is 3.26. The molecule has 3 aromatic carbocycles. The molecule has 30 heavy (non-hydrogen) atoms. The molecule has 5 heteroatoms. The second kappa shape index (κ2) is 8.93. The zero-order valence-corrected chi connectivity index (χ0v) is 16.8. The summed E-state index contributed by atoms with van der Waals surface area (Å²) in [5.74, 6) is -0.565. The van der Waals surface area contributed by atoms with Gasteiger partial charge in [-0.2, -0.15) is 0 Å². The maximum atomic E-state index is 13.3. The van der Waals surface area contributed by atoms with Gasteiger partial charge in [-0.05, 0) is 66.8 Å². The fourth-order valence-corrected chi connectivity index (χ4v) is 3.95. The van der Waals surface area contributed by atoms with E-state index in [1.165, 1.54) is 16.0 Å². The Kier molecular flexibility index (Phi) is 5.91. The molecule has 0 fully saturated rings. The molecule has 4 rings (SSSR count).